The lowest BCUT2D eigenvalue weighted by Crippen LogP contribution is -2.46. The molecule has 0 aliphatic carbocycles. The molecule has 0 radical (unpaired) electrons. The monoisotopic (exact) mass is 333 g/mol. The molecule has 132 valence electrons. The Hall–Kier alpha value is -2.11. The number of amides is 2. The molecule has 2 rings (SSSR count). The van der Waals surface area contributed by atoms with Crippen LogP contribution in [0.25, 0.3) is 0 Å². The van der Waals surface area contributed by atoms with Gasteiger partial charge in [-0.3, -0.25) is 9.59 Å². The summed E-state index contributed by atoms with van der Waals surface area (Å²) in [5, 5.41) is 2.96. The summed E-state index contributed by atoms with van der Waals surface area (Å²) >= 11 is 0. The van der Waals surface area contributed by atoms with E-state index in [1.807, 2.05) is 37.8 Å². The molecule has 1 atom stereocenters. The average Bonchev–Trinajstić information content (AvgIpc) is 2.60. The molecule has 2 heterocycles. The summed E-state index contributed by atoms with van der Waals surface area (Å²) in [5.74, 6) is 0.492. The normalized spacial score (nSPS) is 17.7. The number of hydrogen-bond acceptors (Lipinski definition) is 4. The highest BCUT2D eigenvalue weighted by atomic mass is 16.5. The molecule has 0 bridgehead atoms. The summed E-state index contributed by atoms with van der Waals surface area (Å²) in [6.45, 7) is 7.86. The van der Waals surface area contributed by atoms with Crippen LogP contribution in [-0.2, 0) is 16.1 Å². The number of nitrogens with zero attached hydrogens (tertiary/aromatic N) is 2. The van der Waals surface area contributed by atoms with Crippen molar-refractivity contribution in [2.45, 2.75) is 40.2 Å². The van der Waals surface area contributed by atoms with E-state index in [0.717, 1.165) is 24.9 Å². The summed E-state index contributed by atoms with van der Waals surface area (Å²) in [5.41, 5.74) is 0.860. The number of aromatic nitrogens is 1. The van der Waals surface area contributed by atoms with Crippen molar-refractivity contribution < 1.29 is 14.3 Å². The Balaban J connectivity index is 1.92. The van der Waals surface area contributed by atoms with Gasteiger partial charge in [-0.05, 0) is 25.8 Å². The predicted octanol–water partition coefficient (Wildman–Crippen LogP) is 1.99. The first-order chi connectivity index (χ1) is 11.5. The highest BCUT2D eigenvalue weighted by molar-refractivity contribution is 5.82. The number of likely N-dealkylation sites (tertiary alicyclic amines) is 1. The maximum Gasteiger partial charge on any atom is 0.225 e. The summed E-state index contributed by atoms with van der Waals surface area (Å²) in [7, 11) is 0. The number of rotatable bonds is 6. The Morgan fingerprint density at radius 2 is 2.25 bits per heavy atom. The molecule has 6 heteroatoms. The van der Waals surface area contributed by atoms with Crippen molar-refractivity contribution >= 4 is 11.8 Å². The minimum atomic E-state index is -0.145. The van der Waals surface area contributed by atoms with Crippen molar-refractivity contribution in [1.29, 1.82) is 0 Å². The highest BCUT2D eigenvalue weighted by Crippen LogP contribution is 2.19. The fraction of sp³-hybridized carbons (Fsp3) is 0.611. The molecule has 1 fully saturated rings. The molecule has 1 N–H and O–H groups in total. The molecule has 1 aliphatic heterocycles. The van der Waals surface area contributed by atoms with Crippen molar-refractivity contribution in [3.8, 4) is 5.88 Å². The molecule has 0 unspecified atom stereocenters. The maximum absolute atomic E-state index is 12.5. The fourth-order valence-electron chi connectivity index (χ4n) is 2.91. The second-order valence-corrected chi connectivity index (χ2v) is 6.40. The van der Waals surface area contributed by atoms with Crippen LogP contribution in [0.3, 0.4) is 0 Å². The van der Waals surface area contributed by atoms with Crippen molar-refractivity contribution in [2.24, 2.45) is 11.8 Å². The lowest BCUT2D eigenvalue weighted by atomic mass is 9.96. The standard InChI is InChI=1S/C18H27N3O3/c1-4-24-17-14(7-5-9-19-17)11-20-16(22)15-8-6-10-21(12-15)18(23)13(2)3/h5,7,9,13,15H,4,6,8,10-12H2,1-3H3,(H,20,22)/t15-/m1/s1. The number of pyridine rings is 1. The molecule has 6 nitrogen and oxygen atoms in total. The molecule has 1 aromatic heterocycles. The van der Waals surface area contributed by atoms with Gasteiger partial charge in [0.2, 0.25) is 17.7 Å². The van der Waals surface area contributed by atoms with Crippen LogP contribution in [0.5, 0.6) is 5.88 Å². The summed E-state index contributed by atoms with van der Waals surface area (Å²) in [6.07, 6.45) is 3.36. The van der Waals surface area contributed by atoms with E-state index in [-0.39, 0.29) is 23.7 Å². The quantitative estimate of drug-likeness (QED) is 0.864. The first kappa shape index (κ1) is 18.2. The van der Waals surface area contributed by atoms with Crippen LogP contribution in [0, 0.1) is 11.8 Å². The highest BCUT2D eigenvalue weighted by Gasteiger charge is 2.29. The zero-order valence-electron chi connectivity index (χ0n) is 14.7. The van der Waals surface area contributed by atoms with Gasteiger partial charge in [0.05, 0.1) is 12.5 Å². The van der Waals surface area contributed by atoms with Gasteiger partial charge in [0, 0.05) is 37.3 Å². The topological polar surface area (TPSA) is 71.5 Å². The predicted molar refractivity (Wildman–Crippen MR) is 91.4 cm³/mol. The Labute approximate surface area is 143 Å². The zero-order chi connectivity index (χ0) is 17.5. The molecule has 0 saturated carbocycles. The van der Waals surface area contributed by atoms with Crippen LogP contribution in [0.1, 0.15) is 39.2 Å². The molecular weight excluding hydrogens is 306 g/mol. The van der Waals surface area contributed by atoms with E-state index in [1.54, 1.807) is 6.20 Å². The minimum absolute atomic E-state index is 0.0115. The zero-order valence-corrected chi connectivity index (χ0v) is 14.7. The van der Waals surface area contributed by atoms with Gasteiger partial charge < -0.3 is 15.0 Å². The third-order valence-electron chi connectivity index (χ3n) is 4.18. The second kappa shape index (κ2) is 8.66. The van der Waals surface area contributed by atoms with Crippen molar-refractivity contribution in [3.63, 3.8) is 0 Å². The smallest absolute Gasteiger partial charge is 0.225 e. The summed E-state index contributed by atoms with van der Waals surface area (Å²) in [6, 6.07) is 3.72. The van der Waals surface area contributed by atoms with Gasteiger partial charge in [0.1, 0.15) is 0 Å². The van der Waals surface area contributed by atoms with E-state index >= 15 is 0 Å². The molecule has 0 aromatic carbocycles. The van der Waals surface area contributed by atoms with Gasteiger partial charge in [0.15, 0.2) is 0 Å². The van der Waals surface area contributed by atoms with Crippen LogP contribution < -0.4 is 10.1 Å². The van der Waals surface area contributed by atoms with Crippen LogP contribution >= 0.6 is 0 Å². The van der Waals surface area contributed by atoms with Crippen molar-refractivity contribution in [1.82, 2.24) is 15.2 Å². The van der Waals surface area contributed by atoms with Gasteiger partial charge in [-0.1, -0.05) is 19.9 Å². The third-order valence-corrected chi connectivity index (χ3v) is 4.18. The first-order valence-corrected chi connectivity index (χ1v) is 8.66. The molecule has 1 aromatic rings. The number of piperidine rings is 1. The van der Waals surface area contributed by atoms with E-state index < -0.39 is 0 Å². The number of nitrogens with one attached hydrogen (secondary N) is 1. The van der Waals surface area contributed by atoms with E-state index in [0.29, 0.717) is 25.6 Å². The lowest BCUT2D eigenvalue weighted by molar-refractivity contribution is -0.138. The number of carbonyl (C=O) groups is 2. The molecular formula is C18H27N3O3. The van der Waals surface area contributed by atoms with E-state index in [2.05, 4.69) is 10.3 Å². The van der Waals surface area contributed by atoms with Gasteiger partial charge in [0.25, 0.3) is 0 Å². The van der Waals surface area contributed by atoms with Gasteiger partial charge in [-0.25, -0.2) is 4.98 Å². The fourth-order valence-corrected chi connectivity index (χ4v) is 2.91. The summed E-state index contributed by atoms with van der Waals surface area (Å²) < 4.78 is 5.47. The first-order valence-electron chi connectivity index (χ1n) is 8.66. The van der Waals surface area contributed by atoms with Gasteiger partial charge in [-0.2, -0.15) is 0 Å². The molecule has 0 spiro atoms. The Kier molecular flexibility index (Phi) is 6.58. The molecule has 1 aliphatic rings. The second-order valence-electron chi connectivity index (χ2n) is 6.40. The number of hydrogen-bond donors (Lipinski definition) is 1. The van der Waals surface area contributed by atoms with Crippen LogP contribution in [0.2, 0.25) is 0 Å². The molecule has 24 heavy (non-hydrogen) atoms. The Bertz CT molecular complexity index is 574. The van der Waals surface area contributed by atoms with Crippen LogP contribution in [0.15, 0.2) is 18.3 Å². The van der Waals surface area contributed by atoms with Crippen LogP contribution in [0.4, 0.5) is 0 Å². The molecule has 1 saturated heterocycles. The lowest BCUT2D eigenvalue weighted by Gasteiger charge is -2.33. The largest absolute Gasteiger partial charge is 0.478 e. The average molecular weight is 333 g/mol. The Morgan fingerprint density at radius 3 is 2.96 bits per heavy atom. The van der Waals surface area contributed by atoms with Crippen LogP contribution in [-0.4, -0.2) is 41.4 Å². The van der Waals surface area contributed by atoms with Crippen molar-refractivity contribution in [3.05, 3.63) is 23.9 Å². The number of carbonyl (C=O) groups excluding carboxylic acids is 2. The SMILES string of the molecule is CCOc1ncccc1CNC(=O)[C@@H]1CCCN(C(=O)C(C)C)C1. The minimum Gasteiger partial charge on any atom is -0.478 e. The van der Waals surface area contributed by atoms with E-state index in [4.69, 9.17) is 4.74 Å². The van der Waals surface area contributed by atoms with Crippen molar-refractivity contribution in [2.75, 3.05) is 19.7 Å². The maximum atomic E-state index is 12.5. The van der Waals surface area contributed by atoms with E-state index in [1.165, 1.54) is 0 Å². The van der Waals surface area contributed by atoms with Gasteiger partial charge in [-0.15, -0.1) is 0 Å². The van der Waals surface area contributed by atoms with E-state index in [9.17, 15) is 9.59 Å². The number of ether oxygens (including phenoxy) is 1. The summed E-state index contributed by atoms with van der Waals surface area (Å²) in [4.78, 5) is 30.6. The van der Waals surface area contributed by atoms with Gasteiger partial charge >= 0.3 is 0 Å². The molecule has 2 amide bonds. The Morgan fingerprint density at radius 1 is 1.46 bits per heavy atom. The third kappa shape index (κ3) is 4.69.